The highest BCUT2D eigenvalue weighted by Gasteiger charge is 1.91. The lowest BCUT2D eigenvalue weighted by Gasteiger charge is -2.01. The quantitative estimate of drug-likeness (QED) is 0.603. The molecular formula is C8H10ClN. The number of rotatable bonds is 2. The van der Waals surface area contributed by atoms with Crippen molar-refractivity contribution >= 4 is 11.6 Å². The van der Waals surface area contributed by atoms with Crippen LogP contribution < -0.4 is 5.32 Å². The van der Waals surface area contributed by atoms with E-state index in [2.05, 4.69) is 5.32 Å². The summed E-state index contributed by atoms with van der Waals surface area (Å²) >= 11 is 5.56. The van der Waals surface area contributed by atoms with Crippen LogP contribution in [0.4, 0.5) is 0 Å². The van der Waals surface area contributed by atoms with Crippen LogP contribution in [-0.4, -0.2) is 5.88 Å². The zero-order valence-electron chi connectivity index (χ0n) is 5.68. The van der Waals surface area contributed by atoms with Crippen molar-refractivity contribution in [1.82, 2.24) is 5.32 Å². The molecule has 10 heavy (non-hydrogen) atoms. The van der Waals surface area contributed by atoms with Gasteiger partial charge in [-0.15, -0.1) is 11.6 Å². The lowest BCUT2D eigenvalue weighted by atomic mass is 10.3. The van der Waals surface area contributed by atoms with Crippen molar-refractivity contribution in [3.8, 4) is 0 Å². The molecule has 1 heterocycles. The number of halogens is 1. The first-order valence-corrected chi connectivity index (χ1v) is 3.82. The largest absolute Gasteiger partial charge is 0.365 e. The summed E-state index contributed by atoms with van der Waals surface area (Å²) in [5.41, 5.74) is 1.17. The van der Waals surface area contributed by atoms with Gasteiger partial charge in [0.2, 0.25) is 0 Å². The molecule has 0 aromatic heterocycles. The first-order chi connectivity index (χ1) is 4.93. The van der Waals surface area contributed by atoms with Gasteiger partial charge in [-0.2, -0.15) is 0 Å². The molecule has 2 heteroatoms. The lowest BCUT2D eigenvalue weighted by molar-refractivity contribution is 0.952. The number of alkyl halides is 1. The molecule has 1 nitrogen and oxygen atoms in total. The molecule has 0 fully saturated rings. The van der Waals surface area contributed by atoms with E-state index in [1.807, 2.05) is 30.5 Å². The van der Waals surface area contributed by atoms with Gasteiger partial charge in [-0.25, -0.2) is 0 Å². The fourth-order valence-electron chi connectivity index (χ4n) is 0.752. The summed E-state index contributed by atoms with van der Waals surface area (Å²) < 4.78 is 0. The second kappa shape index (κ2) is 4.18. The Bertz CT molecular complexity index is 180. The topological polar surface area (TPSA) is 12.0 Å². The third-order valence-electron chi connectivity index (χ3n) is 1.25. The maximum atomic E-state index is 5.56. The van der Waals surface area contributed by atoms with E-state index in [4.69, 9.17) is 11.6 Å². The van der Waals surface area contributed by atoms with Gasteiger partial charge in [0.15, 0.2) is 0 Å². The van der Waals surface area contributed by atoms with Gasteiger partial charge in [-0.3, -0.25) is 0 Å². The highest BCUT2D eigenvalue weighted by Crippen LogP contribution is 2.01. The van der Waals surface area contributed by atoms with Crippen LogP contribution in [0.1, 0.15) is 6.42 Å². The predicted molar refractivity (Wildman–Crippen MR) is 44.8 cm³/mol. The molecule has 0 atom stereocenters. The summed E-state index contributed by atoms with van der Waals surface area (Å²) in [6.07, 6.45) is 10.8. The van der Waals surface area contributed by atoms with Crippen molar-refractivity contribution in [2.45, 2.75) is 6.42 Å². The molecule has 0 aromatic carbocycles. The van der Waals surface area contributed by atoms with Crippen LogP contribution in [0, 0.1) is 0 Å². The van der Waals surface area contributed by atoms with Gasteiger partial charge in [-0.05, 0) is 12.2 Å². The summed E-state index contributed by atoms with van der Waals surface area (Å²) in [7, 11) is 0. The Hall–Kier alpha value is -0.690. The van der Waals surface area contributed by atoms with Crippen LogP contribution in [0.2, 0.25) is 0 Å². The summed E-state index contributed by atoms with van der Waals surface area (Å²) in [5, 5.41) is 3.12. The number of hydrogen-bond acceptors (Lipinski definition) is 1. The monoisotopic (exact) mass is 155 g/mol. The third-order valence-corrected chi connectivity index (χ3v) is 1.44. The zero-order valence-corrected chi connectivity index (χ0v) is 6.43. The molecule has 0 spiro atoms. The average Bonchev–Trinajstić information content (AvgIpc) is 2.17. The minimum absolute atomic E-state index is 0.667. The Morgan fingerprint density at radius 1 is 1.30 bits per heavy atom. The van der Waals surface area contributed by atoms with E-state index in [-0.39, 0.29) is 0 Å². The molecule has 0 amide bonds. The molecule has 0 saturated carbocycles. The molecule has 0 aliphatic carbocycles. The second-order valence-corrected chi connectivity index (χ2v) is 2.40. The molecule has 0 aromatic rings. The van der Waals surface area contributed by atoms with E-state index in [1.54, 1.807) is 0 Å². The van der Waals surface area contributed by atoms with Crippen LogP contribution in [0.15, 0.2) is 36.2 Å². The maximum Gasteiger partial charge on any atom is 0.0278 e. The average molecular weight is 156 g/mol. The molecule has 0 saturated heterocycles. The van der Waals surface area contributed by atoms with E-state index in [0.29, 0.717) is 5.88 Å². The molecule has 1 aliphatic heterocycles. The van der Waals surface area contributed by atoms with Crippen LogP contribution in [0.25, 0.3) is 0 Å². The molecule has 0 radical (unpaired) electrons. The smallest absolute Gasteiger partial charge is 0.0278 e. The number of hydrogen-bond donors (Lipinski definition) is 1. The van der Waals surface area contributed by atoms with Crippen molar-refractivity contribution in [3.05, 3.63) is 36.2 Å². The van der Waals surface area contributed by atoms with Crippen molar-refractivity contribution in [2.75, 3.05) is 5.88 Å². The fraction of sp³-hybridized carbons (Fsp3) is 0.250. The molecule has 54 valence electrons. The summed E-state index contributed by atoms with van der Waals surface area (Å²) in [6, 6.07) is 0. The number of nitrogens with one attached hydrogen (secondary N) is 1. The van der Waals surface area contributed by atoms with Gasteiger partial charge in [0, 0.05) is 24.2 Å². The maximum absolute atomic E-state index is 5.56. The van der Waals surface area contributed by atoms with Gasteiger partial charge in [0.05, 0.1) is 0 Å². The first kappa shape index (κ1) is 7.42. The minimum atomic E-state index is 0.667. The fourth-order valence-corrected chi connectivity index (χ4v) is 0.956. The Kier molecular flexibility index (Phi) is 3.10. The van der Waals surface area contributed by atoms with Gasteiger partial charge >= 0.3 is 0 Å². The summed E-state index contributed by atoms with van der Waals surface area (Å²) in [6.45, 7) is 0. The van der Waals surface area contributed by atoms with E-state index in [1.165, 1.54) is 5.70 Å². The Labute approximate surface area is 66.1 Å². The van der Waals surface area contributed by atoms with Crippen LogP contribution in [-0.2, 0) is 0 Å². The molecule has 1 N–H and O–H groups in total. The third kappa shape index (κ3) is 2.28. The van der Waals surface area contributed by atoms with Gasteiger partial charge < -0.3 is 5.32 Å². The SMILES string of the molecule is ClCCC1=CC=CC=CN1. The second-order valence-electron chi connectivity index (χ2n) is 2.02. The van der Waals surface area contributed by atoms with E-state index < -0.39 is 0 Å². The Morgan fingerprint density at radius 3 is 3.00 bits per heavy atom. The van der Waals surface area contributed by atoms with E-state index in [0.717, 1.165) is 6.42 Å². The standard InChI is InChI=1S/C8H10ClN/c9-6-5-8-4-2-1-3-7-10-8/h1-4,7,10H,5-6H2. The molecular weight excluding hydrogens is 146 g/mol. The summed E-state index contributed by atoms with van der Waals surface area (Å²) in [5.74, 6) is 0.667. The number of allylic oxidation sites excluding steroid dienone is 5. The Morgan fingerprint density at radius 2 is 2.20 bits per heavy atom. The Balaban J connectivity index is 2.50. The highest BCUT2D eigenvalue weighted by molar-refractivity contribution is 6.17. The van der Waals surface area contributed by atoms with Crippen molar-refractivity contribution in [1.29, 1.82) is 0 Å². The first-order valence-electron chi connectivity index (χ1n) is 3.28. The van der Waals surface area contributed by atoms with Crippen molar-refractivity contribution in [3.63, 3.8) is 0 Å². The van der Waals surface area contributed by atoms with Crippen LogP contribution >= 0.6 is 11.6 Å². The minimum Gasteiger partial charge on any atom is -0.365 e. The summed E-state index contributed by atoms with van der Waals surface area (Å²) in [4.78, 5) is 0. The van der Waals surface area contributed by atoms with E-state index >= 15 is 0 Å². The molecule has 0 unspecified atom stereocenters. The van der Waals surface area contributed by atoms with Gasteiger partial charge in [0.25, 0.3) is 0 Å². The van der Waals surface area contributed by atoms with Crippen molar-refractivity contribution < 1.29 is 0 Å². The van der Waals surface area contributed by atoms with Crippen LogP contribution in [0.5, 0.6) is 0 Å². The molecule has 1 rings (SSSR count). The molecule has 1 aliphatic rings. The van der Waals surface area contributed by atoms with Gasteiger partial charge in [-0.1, -0.05) is 12.2 Å². The van der Waals surface area contributed by atoms with Gasteiger partial charge in [0.1, 0.15) is 0 Å². The van der Waals surface area contributed by atoms with E-state index in [9.17, 15) is 0 Å². The zero-order chi connectivity index (χ0) is 7.23. The van der Waals surface area contributed by atoms with Crippen LogP contribution in [0.3, 0.4) is 0 Å². The normalized spacial score (nSPS) is 15.9. The molecule has 0 bridgehead atoms. The highest BCUT2D eigenvalue weighted by atomic mass is 35.5. The predicted octanol–water partition coefficient (Wildman–Crippen LogP) is 2.17. The lowest BCUT2D eigenvalue weighted by Crippen LogP contribution is -2.03. The van der Waals surface area contributed by atoms with Crippen molar-refractivity contribution in [2.24, 2.45) is 0 Å².